The van der Waals surface area contributed by atoms with Gasteiger partial charge >= 0.3 is 0 Å². The van der Waals surface area contributed by atoms with Crippen molar-refractivity contribution in [3.05, 3.63) is 35.9 Å². The predicted molar refractivity (Wildman–Crippen MR) is 128 cm³/mol. The molecule has 1 N–H and O–H groups in total. The van der Waals surface area contributed by atoms with Crippen molar-refractivity contribution in [3.63, 3.8) is 0 Å². The van der Waals surface area contributed by atoms with Crippen LogP contribution in [0.25, 0.3) is 0 Å². The molecule has 0 aliphatic carbocycles. The summed E-state index contributed by atoms with van der Waals surface area (Å²) in [4.78, 5) is 42.7. The van der Waals surface area contributed by atoms with Gasteiger partial charge in [-0.15, -0.1) is 0 Å². The second-order valence-corrected chi connectivity index (χ2v) is 9.22. The first kappa shape index (κ1) is 25.9. The lowest BCUT2D eigenvalue weighted by Crippen LogP contribution is -2.64. The topological polar surface area (TPSA) is 69.7 Å². The number of unbranched alkanes of at least 4 members (excludes halogenated alkanes) is 1. The molecule has 1 fully saturated rings. The monoisotopic (exact) mass is 443 g/mol. The number of amides is 3. The van der Waals surface area contributed by atoms with Gasteiger partial charge in [0.15, 0.2) is 0 Å². The van der Waals surface area contributed by atoms with Crippen LogP contribution in [0.15, 0.2) is 30.3 Å². The number of hydrogen-bond donors (Lipinski definition) is 1. The quantitative estimate of drug-likeness (QED) is 0.568. The SMILES string of the molecule is CCCCC(C)[C@H]1C(=O)N(CCc2ccccc2)CCN1C(=O)[C@H](NC(C)=O)C(C)CC. The van der Waals surface area contributed by atoms with Crippen LogP contribution >= 0.6 is 0 Å². The Bertz CT molecular complexity index is 752. The molecule has 1 heterocycles. The lowest BCUT2D eigenvalue weighted by molar-refractivity contribution is -0.156. The second kappa shape index (κ2) is 12.6. The van der Waals surface area contributed by atoms with Crippen molar-refractivity contribution < 1.29 is 14.4 Å². The van der Waals surface area contributed by atoms with E-state index in [0.717, 1.165) is 32.1 Å². The molecule has 6 heteroatoms. The Morgan fingerprint density at radius 3 is 2.41 bits per heavy atom. The van der Waals surface area contributed by atoms with Gasteiger partial charge in [-0.05, 0) is 30.2 Å². The minimum Gasteiger partial charge on any atom is -0.344 e. The highest BCUT2D eigenvalue weighted by atomic mass is 16.2. The number of piperazine rings is 1. The van der Waals surface area contributed by atoms with Crippen molar-refractivity contribution in [2.24, 2.45) is 11.8 Å². The van der Waals surface area contributed by atoms with Gasteiger partial charge in [0.2, 0.25) is 17.7 Å². The normalized spacial score (nSPS) is 19.4. The van der Waals surface area contributed by atoms with Gasteiger partial charge in [0.1, 0.15) is 12.1 Å². The van der Waals surface area contributed by atoms with Crippen molar-refractivity contribution in [1.82, 2.24) is 15.1 Å². The lowest BCUT2D eigenvalue weighted by atomic mass is 9.89. The zero-order valence-electron chi connectivity index (χ0n) is 20.5. The minimum absolute atomic E-state index is 0.00390. The van der Waals surface area contributed by atoms with Crippen LogP contribution in [0.1, 0.15) is 65.9 Å². The standard InChI is InChI=1S/C26H41N3O3/c1-6-8-12-20(4)24-26(32)28(16-15-22-13-10-9-11-14-22)17-18-29(24)25(31)23(19(3)7-2)27-21(5)30/h9-11,13-14,19-20,23-24H,6-8,12,15-18H2,1-5H3,(H,27,30)/t19?,20?,23-,24+/m1/s1. The summed E-state index contributed by atoms with van der Waals surface area (Å²) >= 11 is 0. The van der Waals surface area contributed by atoms with E-state index in [1.165, 1.54) is 12.5 Å². The molecule has 1 saturated heterocycles. The van der Waals surface area contributed by atoms with E-state index in [0.29, 0.717) is 19.6 Å². The Morgan fingerprint density at radius 2 is 1.81 bits per heavy atom. The van der Waals surface area contributed by atoms with Gasteiger partial charge in [-0.3, -0.25) is 14.4 Å². The Labute approximate surface area is 193 Å². The Balaban J connectivity index is 2.22. The number of rotatable bonds is 11. The predicted octanol–water partition coefficient (Wildman–Crippen LogP) is 3.65. The van der Waals surface area contributed by atoms with Crippen LogP contribution < -0.4 is 5.32 Å². The maximum atomic E-state index is 13.6. The number of hydrogen-bond acceptors (Lipinski definition) is 3. The third-order valence-corrected chi connectivity index (χ3v) is 6.70. The molecule has 2 rings (SSSR count). The van der Waals surface area contributed by atoms with Gasteiger partial charge < -0.3 is 15.1 Å². The second-order valence-electron chi connectivity index (χ2n) is 9.22. The van der Waals surface area contributed by atoms with Crippen LogP contribution in [-0.2, 0) is 20.8 Å². The summed E-state index contributed by atoms with van der Waals surface area (Å²) in [6, 6.07) is 9.11. The average molecular weight is 444 g/mol. The molecule has 2 unspecified atom stereocenters. The molecule has 4 atom stereocenters. The van der Waals surface area contributed by atoms with E-state index in [4.69, 9.17) is 0 Å². The molecule has 32 heavy (non-hydrogen) atoms. The molecule has 0 bridgehead atoms. The number of nitrogens with zero attached hydrogens (tertiary/aromatic N) is 2. The molecule has 0 saturated carbocycles. The van der Waals surface area contributed by atoms with Gasteiger partial charge in [0, 0.05) is 26.6 Å². The number of nitrogens with one attached hydrogen (secondary N) is 1. The summed E-state index contributed by atoms with van der Waals surface area (Å²) in [5.74, 6) is -0.231. The largest absolute Gasteiger partial charge is 0.344 e. The molecular weight excluding hydrogens is 402 g/mol. The molecule has 0 spiro atoms. The van der Waals surface area contributed by atoms with Gasteiger partial charge in [0.25, 0.3) is 0 Å². The van der Waals surface area contributed by atoms with Crippen LogP contribution in [0.4, 0.5) is 0 Å². The van der Waals surface area contributed by atoms with Gasteiger partial charge in [-0.1, -0.05) is 77.3 Å². The molecule has 0 aromatic heterocycles. The number of carbonyl (C=O) groups excluding carboxylic acids is 3. The molecule has 1 aromatic carbocycles. The van der Waals surface area contributed by atoms with E-state index < -0.39 is 12.1 Å². The lowest BCUT2D eigenvalue weighted by Gasteiger charge is -2.45. The first-order chi connectivity index (χ1) is 15.3. The maximum absolute atomic E-state index is 13.6. The van der Waals surface area contributed by atoms with E-state index in [9.17, 15) is 14.4 Å². The van der Waals surface area contributed by atoms with Crippen LogP contribution in [0, 0.1) is 11.8 Å². The molecule has 6 nitrogen and oxygen atoms in total. The highest BCUT2D eigenvalue weighted by molar-refractivity contribution is 5.93. The Morgan fingerprint density at radius 1 is 1.12 bits per heavy atom. The summed E-state index contributed by atoms with van der Waals surface area (Å²) in [5, 5.41) is 2.85. The van der Waals surface area contributed by atoms with Crippen LogP contribution in [-0.4, -0.2) is 59.2 Å². The van der Waals surface area contributed by atoms with E-state index in [1.807, 2.05) is 36.9 Å². The minimum atomic E-state index is -0.595. The van der Waals surface area contributed by atoms with Gasteiger partial charge in [-0.2, -0.15) is 0 Å². The Kier molecular flexibility index (Phi) is 10.2. The zero-order valence-corrected chi connectivity index (χ0v) is 20.5. The average Bonchev–Trinajstić information content (AvgIpc) is 2.79. The fourth-order valence-electron chi connectivity index (χ4n) is 4.49. The van der Waals surface area contributed by atoms with Gasteiger partial charge in [-0.25, -0.2) is 0 Å². The molecule has 1 aromatic rings. The third-order valence-electron chi connectivity index (χ3n) is 6.70. The molecule has 1 aliphatic heterocycles. The fourth-order valence-corrected chi connectivity index (χ4v) is 4.49. The summed E-state index contributed by atoms with van der Waals surface area (Å²) < 4.78 is 0. The first-order valence-corrected chi connectivity index (χ1v) is 12.2. The van der Waals surface area contributed by atoms with Crippen molar-refractivity contribution in [3.8, 4) is 0 Å². The summed E-state index contributed by atoms with van der Waals surface area (Å²) in [5.41, 5.74) is 1.21. The van der Waals surface area contributed by atoms with Crippen molar-refractivity contribution in [2.45, 2.75) is 78.8 Å². The molecule has 1 aliphatic rings. The molecule has 3 amide bonds. The highest BCUT2D eigenvalue weighted by Crippen LogP contribution is 2.25. The fraction of sp³-hybridized carbons (Fsp3) is 0.654. The maximum Gasteiger partial charge on any atom is 0.246 e. The molecule has 0 radical (unpaired) electrons. The van der Waals surface area contributed by atoms with Crippen molar-refractivity contribution in [2.75, 3.05) is 19.6 Å². The summed E-state index contributed by atoms with van der Waals surface area (Å²) in [6.07, 6.45) is 4.56. The van der Waals surface area contributed by atoms with Crippen molar-refractivity contribution in [1.29, 1.82) is 0 Å². The van der Waals surface area contributed by atoms with Crippen LogP contribution in [0.3, 0.4) is 0 Å². The Hall–Kier alpha value is -2.37. The summed E-state index contributed by atoms with van der Waals surface area (Å²) in [7, 11) is 0. The van der Waals surface area contributed by atoms with E-state index in [2.05, 4.69) is 31.3 Å². The summed E-state index contributed by atoms with van der Waals surface area (Å²) in [6.45, 7) is 11.3. The van der Waals surface area contributed by atoms with Crippen LogP contribution in [0.5, 0.6) is 0 Å². The molecular formula is C26H41N3O3. The van der Waals surface area contributed by atoms with Gasteiger partial charge in [0.05, 0.1) is 0 Å². The smallest absolute Gasteiger partial charge is 0.246 e. The highest BCUT2D eigenvalue weighted by Gasteiger charge is 2.43. The number of carbonyl (C=O) groups is 3. The van der Waals surface area contributed by atoms with E-state index in [1.54, 1.807) is 4.90 Å². The third kappa shape index (κ3) is 6.81. The zero-order chi connectivity index (χ0) is 23.7. The molecule has 178 valence electrons. The van der Waals surface area contributed by atoms with Crippen LogP contribution in [0.2, 0.25) is 0 Å². The number of benzene rings is 1. The first-order valence-electron chi connectivity index (χ1n) is 12.2. The van der Waals surface area contributed by atoms with Crippen molar-refractivity contribution >= 4 is 17.7 Å². The van der Waals surface area contributed by atoms with E-state index in [-0.39, 0.29) is 29.6 Å². The van der Waals surface area contributed by atoms with E-state index >= 15 is 0 Å².